The first kappa shape index (κ1) is 19.9. The SMILES string of the molecule is CC1Cc2ccccc2N1C(=O)CN1C(=O)NC2(CCC(C(C)(C)C)CC2)C1=O. The van der Waals surface area contributed by atoms with E-state index >= 15 is 0 Å². The highest BCUT2D eigenvalue weighted by atomic mass is 16.2. The van der Waals surface area contributed by atoms with E-state index < -0.39 is 11.6 Å². The van der Waals surface area contributed by atoms with Gasteiger partial charge >= 0.3 is 6.03 Å². The lowest BCUT2D eigenvalue weighted by atomic mass is 9.67. The van der Waals surface area contributed by atoms with Crippen LogP contribution in [0.5, 0.6) is 0 Å². The second-order valence-electron chi connectivity index (χ2n) is 9.99. The molecule has 1 unspecified atom stereocenters. The van der Waals surface area contributed by atoms with Crippen molar-refractivity contribution in [2.24, 2.45) is 11.3 Å². The number of anilines is 1. The highest BCUT2D eigenvalue weighted by Crippen LogP contribution is 2.43. The third-order valence-corrected chi connectivity index (χ3v) is 7.08. The van der Waals surface area contributed by atoms with E-state index in [1.54, 1.807) is 4.90 Å². The monoisotopic (exact) mass is 397 g/mol. The Morgan fingerprint density at radius 2 is 1.83 bits per heavy atom. The van der Waals surface area contributed by atoms with Crippen LogP contribution in [0, 0.1) is 11.3 Å². The third kappa shape index (κ3) is 3.32. The number of amides is 4. The van der Waals surface area contributed by atoms with Gasteiger partial charge in [0.1, 0.15) is 12.1 Å². The van der Waals surface area contributed by atoms with E-state index in [2.05, 4.69) is 26.1 Å². The van der Waals surface area contributed by atoms with Gasteiger partial charge in [0.2, 0.25) is 5.91 Å². The molecule has 6 nitrogen and oxygen atoms in total. The molecule has 1 saturated carbocycles. The normalized spacial score (nSPS) is 29.4. The summed E-state index contributed by atoms with van der Waals surface area (Å²) in [6, 6.07) is 7.42. The van der Waals surface area contributed by atoms with Crippen LogP contribution in [0.4, 0.5) is 10.5 Å². The molecule has 1 saturated heterocycles. The lowest BCUT2D eigenvalue weighted by Crippen LogP contribution is -2.51. The summed E-state index contributed by atoms with van der Waals surface area (Å²) in [4.78, 5) is 41.8. The van der Waals surface area contributed by atoms with Crippen LogP contribution in [0.2, 0.25) is 0 Å². The van der Waals surface area contributed by atoms with Gasteiger partial charge in [-0.15, -0.1) is 0 Å². The molecule has 6 heteroatoms. The van der Waals surface area contributed by atoms with Gasteiger partial charge in [-0.05, 0) is 62.0 Å². The molecular weight excluding hydrogens is 366 g/mol. The number of imide groups is 1. The molecular formula is C23H31N3O3. The van der Waals surface area contributed by atoms with Crippen LogP contribution < -0.4 is 10.2 Å². The van der Waals surface area contributed by atoms with Crippen molar-refractivity contribution in [3.63, 3.8) is 0 Å². The molecule has 0 bridgehead atoms. The van der Waals surface area contributed by atoms with Gasteiger partial charge in [-0.3, -0.25) is 14.5 Å². The Hall–Kier alpha value is -2.37. The van der Waals surface area contributed by atoms with Crippen molar-refractivity contribution in [1.82, 2.24) is 10.2 Å². The molecule has 4 rings (SSSR count). The van der Waals surface area contributed by atoms with Crippen molar-refractivity contribution in [2.75, 3.05) is 11.4 Å². The first-order valence-corrected chi connectivity index (χ1v) is 10.7. The van der Waals surface area contributed by atoms with Gasteiger partial charge in [-0.1, -0.05) is 39.0 Å². The molecule has 2 heterocycles. The summed E-state index contributed by atoms with van der Waals surface area (Å²) in [6.07, 6.45) is 3.90. The Morgan fingerprint density at radius 3 is 2.48 bits per heavy atom. The van der Waals surface area contributed by atoms with Gasteiger partial charge in [-0.25, -0.2) is 4.79 Å². The van der Waals surface area contributed by atoms with Crippen molar-refractivity contribution in [3.8, 4) is 0 Å². The molecule has 1 aromatic rings. The quantitative estimate of drug-likeness (QED) is 0.777. The average Bonchev–Trinajstić information content (AvgIpc) is 3.10. The van der Waals surface area contributed by atoms with Crippen LogP contribution in [0.25, 0.3) is 0 Å². The van der Waals surface area contributed by atoms with Gasteiger partial charge < -0.3 is 10.2 Å². The summed E-state index contributed by atoms with van der Waals surface area (Å²) in [7, 11) is 0. The number of urea groups is 1. The maximum absolute atomic E-state index is 13.2. The van der Waals surface area contributed by atoms with Crippen LogP contribution in [0.3, 0.4) is 0 Å². The van der Waals surface area contributed by atoms with Crippen molar-refractivity contribution in [2.45, 2.75) is 71.4 Å². The molecule has 1 atom stereocenters. The number of fused-ring (bicyclic) bond motifs is 1. The number of carbonyl (C=O) groups is 3. The molecule has 1 aliphatic carbocycles. The minimum absolute atomic E-state index is 0.0249. The number of benzene rings is 1. The lowest BCUT2D eigenvalue weighted by molar-refractivity contribution is -0.135. The standard InChI is InChI=1S/C23H31N3O3/c1-15-13-16-7-5-6-8-18(16)26(15)19(27)14-25-20(28)23(24-21(25)29)11-9-17(10-12-23)22(2,3)4/h5-8,15,17H,9-14H2,1-4H3,(H,24,29). The second-order valence-corrected chi connectivity index (χ2v) is 9.99. The predicted octanol–water partition coefficient (Wildman–Crippen LogP) is 3.49. The van der Waals surface area contributed by atoms with E-state index in [0.29, 0.717) is 18.8 Å². The summed E-state index contributed by atoms with van der Waals surface area (Å²) in [5, 5.41) is 2.93. The summed E-state index contributed by atoms with van der Waals surface area (Å²) >= 11 is 0. The smallest absolute Gasteiger partial charge is 0.323 e. The zero-order chi connectivity index (χ0) is 21.0. The molecule has 1 N–H and O–H groups in total. The summed E-state index contributed by atoms with van der Waals surface area (Å²) in [5.41, 5.74) is 1.38. The Balaban J connectivity index is 1.47. The Morgan fingerprint density at radius 1 is 1.17 bits per heavy atom. The third-order valence-electron chi connectivity index (χ3n) is 7.08. The molecule has 1 aromatic carbocycles. The predicted molar refractivity (Wildman–Crippen MR) is 111 cm³/mol. The Kier molecular flexibility index (Phi) is 4.71. The number of nitrogens with zero attached hydrogens (tertiary/aromatic N) is 2. The minimum Gasteiger partial charge on any atom is -0.323 e. The first-order valence-electron chi connectivity index (χ1n) is 10.7. The van der Waals surface area contributed by atoms with Crippen molar-refractivity contribution in [1.29, 1.82) is 0 Å². The molecule has 3 aliphatic rings. The van der Waals surface area contributed by atoms with Gasteiger partial charge in [0.15, 0.2) is 0 Å². The number of rotatable bonds is 2. The fourth-order valence-corrected chi connectivity index (χ4v) is 5.29. The fourth-order valence-electron chi connectivity index (χ4n) is 5.29. The van der Waals surface area contributed by atoms with E-state index in [4.69, 9.17) is 0 Å². The number of hydrogen-bond donors (Lipinski definition) is 1. The number of nitrogens with one attached hydrogen (secondary N) is 1. The van der Waals surface area contributed by atoms with Gasteiger partial charge in [0.05, 0.1) is 0 Å². The number of para-hydroxylation sites is 1. The zero-order valence-corrected chi connectivity index (χ0v) is 17.8. The molecule has 2 aliphatic heterocycles. The highest BCUT2D eigenvalue weighted by molar-refractivity contribution is 6.10. The van der Waals surface area contributed by atoms with E-state index in [0.717, 1.165) is 35.4 Å². The molecule has 0 radical (unpaired) electrons. The zero-order valence-electron chi connectivity index (χ0n) is 17.8. The van der Waals surface area contributed by atoms with Gasteiger partial charge in [0.25, 0.3) is 5.91 Å². The van der Waals surface area contributed by atoms with Crippen LogP contribution in [-0.4, -0.2) is 40.9 Å². The van der Waals surface area contributed by atoms with Crippen molar-refractivity contribution >= 4 is 23.5 Å². The van der Waals surface area contributed by atoms with E-state index in [-0.39, 0.29) is 29.8 Å². The van der Waals surface area contributed by atoms with Gasteiger partial charge in [-0.2, -0.15) is 0 Å². The second kappa shape index (κ2) is 6.85. The molecule has 0 aromatic heterocycles. The number of carbonyl (C=O) groups excluding carboxylic acids is 3. The van der Waals surface area contributed by atoms with Crippen LogP contribution >= 0.6 is 0 Å². The summed E-state index contributed by atoms with van der Waals surface area (Å²) in [5.74, 6) is 0.102. The highest BCUT2D eigenvalue weighted by Gasteiger charge is 2.54. The molecule has 29 heavy (non-hydrogen) atoms. The van der Waals surface area contributed by atoms with Crippen molar-refractivity contribution < 1.29 is 14.4 Å². The first-order chi connectivity index (χ1) is 13.6. The van der Waals surface area contributed by atoms with Crippen LogP contribution in [0.15, 0.2) is 24.3 Å². The topological polar surface area (TPSA) is 69.7 Å². The van der Waals surface area contributed by atoms with E-state index in [9.17, 15) is 14.4 Å². The molecule has 156 valence electrons. The number of hydrogen-bond acceptors (Lipinski definition) is 3. The molecule has 1 spiro atoms. The van der Waals surface area contributed by atoms with E-state index in [1.165, 1.54) is 0 Å². The van der Waals surface area contributed by atoms with Crippen LogP contribution in [-0.2, 0) is 16.0 Å². The molecule has 2 fully saturated rings. The van der Waals surface area contributed by atoms with E-state index in [1.807, 2.05) is 31.2 Å². The van der Waals surface area contributed by atoms with Crippen LogP contribution in [0.1, 0.15) is 58.9 Å². The summed E-state index contributed by atoms with van der Waals surface area (Å²) < 4.78 is 0. The lowest BCUT2D eigenvalue weighted by Gasteiger charge is -2.40. The largest absolute Gasteiger partial charge is 0.325 e. The average molecular weight is 398 g/mol. The molecule has 4 amide bonds. The maximum atomic E-state index is 13.2. The fraction of sp³-hybridized carbons (Fsp3) is 0.609. The van der Waals surface area contributed by atoms with Gasteiger partial charge in [0, 0.05) is 11.7 Å². The Bertz CT molecular complexity index is 849. The minimum atomic E-state index is -0.826. The van der Waals surface area contributed by atoms with Crippen molar-refractivity contribution in [3.05, 3.63) is 29.8 Å². The Labute approximate surface area is 172 Å². The summed E-state index contributed by atoms with van der Waals surface area (Å²) in [6.45, 7) is 8.48. The maximum Gasteiger partial charge on any atom is 0.325 e.